The second kappa shape index (κ2) is 10.1. The number of thiazole rings is 1. The van der Waals surface area contributed by atoms with Crippen LogP contribution in [-0.4, -0.2) is 85.1 Å². The SMILES string of the molecule is CSc1cnc(NC[C@H](C)CNc2nc3ccc(S(=O)(=O)N4CC(N(C)C)C4)cc3s2)nc1. The minimum Gasteiger partial charge on any atom is -0.361 e. The van der Waals surface area contributed by atoms with E-state index in [9.17, 15) is 8.42 Å². The smallest absolute Gasteiger partial charge is 0.243 e. The van der Waals surface area contributed by atoms with Crippen molar-refractivity contribution in [1.29, 1.82) is 0 Å². The monoisotopic (exact) mass is 507 g/mol. The fourth-order valence-corrected chi connectivity index (χ4v) is 6.19. The number of fused-ring (bicyclic) bond motifs is 1. The quantitative estimate of drug-likeness (QED) is 0.401. The largest absolute Gasteiger partial charge is 0.361 e. The molecule has 1 fully saturated rings. The van der Waals surface area contributed by atoms with Gasteiger partial charge in [-0.25, -0.2) is 23.4 Å². The first-order chi connectivity index (χ1) is 15.8. The molecule has 0 saturated carbocycles. The lowest BCUT2D eigenvalue weighted by Gasteiger charge is -2.41. The zero-order valence-electron chi connectivity index (χ0n) is 19.1. The summed E-state index contributed by atoms with van der Waals surface area (Å²) in [6.07, 6.45) is 5.61. The average Bonchev–Trinajstić information content (AvgIpc) is 3.17. The van der Waals surface area contributed by atoms with Crippen LogP contribution in [0, 0.1) is 5.92 Å². The molecule has 3 heterocycles. The lowest BCUT2D eigenvalue weighted by Crippen LogP contribution is -2.58. The van der Waals surface area contributed by atoms with Gasteiger partial charge in [0.05, 0.1) is 15.1 Å². The van der Waals surface area contributed by atoms with Crippen LogP contribution in [0.5, 0.6) is 0 Å². The zero-order valence-corrected chi connectivity index (χ0v) is 21.6. The first-order valence-corrected chi connectivity index (χ1v) is 14.2. The number of hydrogen-bond donors (Lipinski definition) is 2. The van der Waals surface area contributed by atoms with Crippen LogP contribution in [0.4, 0.5) is 11.1 Å². The van der Waals surface area contributed by atoms with Crippen molar-refractivity contribution >= 4 is 54.4 Å². The molecule has 4 rings (SSSR count). The van der Waals surface area contributed by atoms with Gasteiger partial charge in [-0.15, -0.1) is 11.8 Å². The normalized spacial score (nSPS) is 16.2. The van der Waals surface area contributed by atoms with Gasteiger partial charge in [-0.2, -0.15) is 4.31 Å². The summed E-state index contributed by atoms with van der Waals surface area (Å²) in [4.78, 5) is 16.6. The predicted molar refractivity (Wildman–Crippen MR) is 136 cm³/mol. The lowest BCUT2D eigenvalue weighted by atomic mass is 10.2. The summed E-state index contributed by atoms with van der Waals surface area (Å²) < 4.78 is 28.3. The van der Waals surface area contributed by atoms with E-state index < -0.39 is 10.0 Å². The molecule has 0 aliphatic carbocycles. The molecule has 33 heavy (non-hydrogen) atoms. The molecule has 178 valence electrons. The van der Waals surface area contributed by atoms with Gasteiger partial charge in [0.25, 0.3) is 0 Å². The maximum atomic E-state index is 12.9. The Balaban J connectivity index is 1.33. The van der Waals surface area contributed by atoms with E-state index in [0.717, 1.165) is 33.3 Å². The summed E-state index contributed by atoms with van der Waals surface area (Å²) in [5.41, 5.74) is 0.796. The Morgan fingerprint density at radius 1 is 1.21 bits per heavy atom. The van der Waals surface area contributed by atoms with Crippen LogP contribution in [0.15, 0.2) is 40.4 Å². The number of hydrogen-bond acceptors (Lipinski definition) is 10. The van der Waals surface area contributed by atoms with Crippen molar-refractivity contribution in [2.45, 2.75) is 22.8 Å². The third-order valence-corrected chi connectivity index (χ3v) is 9.12. The van der Waals surface area contributed by atoms with Crippen LogP contribution < -0.4 is 10.6 Å². The van der Waals surface area contributed by atoms with E-state index in [2.05, 4.69) is 37.4 Å². The highest BCUT2D eigenvalue weighted by molar-refractivity contribution is 7.98. The van der Waals surface area contributed by atoms with Crippen molar-refractivity contribution in [2.75, 3.05) is 57.2 Å². The summed E-state index contributed by atoms with van der Waals surface area (Å²) in [5.74, 6) is 0.931. The molecule has 1 aliphatic heterocycles. The Hall–Kier alpha value is -1.99. The summed E-state index contributed by atoms with van der Waals surface area (Å²) in [7, 11) is 0.474. The number of aromatic nitrogens is 3. The standard InChI is InChI=1S/C21H29N7O2S3/c1-14(8-22-20-23-10-16(31-4)11-24-20)9-25-21-26-18-6-5-17(7-19(18)32-21)33(29,30)28-12-15(13-28)27(2)3/h5-7,10-11,14-15H,8-9,12-13H2,1-4H3,(H,25,26)(H,22,23,24)/t14-/m0/s1. The molecule has 1 saturated heterocycles. The highest BCUT2D eigenvalue weighted by Crippen LogP contribution is 2.31. The van der Waals surface area contributed by atoms with Crippen molar-refractivity contribution < 1.29 is 8.42 Å². The second-order valence-electron chi connectivity index (χ2n) is 8.40. The Labute approximate surface area is 203 Å². The topological polar surface area (TPSA) is 103 Å². The fraction of sp³-hybridized carbons (Fsp3) is 0.476. The van der Waals surface area contributed by atoms with E-state index in [4.69, 9.17) is 0 Å². The highest BCUT2D eigenvalue weighted by atomic mass is 32.2. The fourth-order valence-electron chi connectivity index (χ4n) is 3.34. The van der Waals surface area contributed by atoms with Crippen molar-refractivity contribution in [1.82, 2.24) is 24.2 Å². The van der Waals surface area contributed by atoms with Gasteiger partial charge in [0, 0.05) is 49.5 Å². The first-order valence-electron chi connectivity index (χ1n) is 10.7. The van der Waals surface area contributed by atoms with Crippen LogP contribution >= 0.6 is 23.1 Å². The van der Waals surface area contributed by atoms with Crippen molar-refractivity contribution in [2.24, 2.45) is 5.92 Å². The predicted octanol–water partition coefficient (Wildman–Crippen LogP) is 2.90. The van der Waals surface area contributed by atoms with E-state index in [0.29, 0.717) is 29.9 Å². The number of nitrogens with zero attached hydrogens (tertiary/aromatic N) is 5. The summed E-state index contributed by atoms with van der Waals surface area (Å²) in [6, 6.07) is 5.45. The maximum absolute atomic E-state index is 12.9. The molecule has 0 bridgehead atoms. The summed E-state index contributed by atoms with van der Waals surface area (Å²) >= 11 is 3.08. The second-order valence-corrected chi connectivity index (χ2v) is 12.2. The van der Waals surface area contributed by atoms with Gasteiger partial charge in [-0.1, -0.05) is 18.3 Å². The number of benzene rings is 1. The van der Waals surface area contributed by atoms with E-state index >= 15 is 0 Å². The molecular formula is C21H29N7O2S3. The molecule has 0 amide bonds. The number of nitrogens with one attached hydrogen (secondary N) is 2. The number of likely N-dealkylation sites (N-methyl/N-ethyl adjacent to an activating group) is 1. The molecule has 1 aromatic carbocycles. The Morgan fingerprint density at radius 2 is 1.91 bits per heavy atom. The van der Waals surface area contributed by atoms with Crippen molar-refractivity contribution in [3.8, 4) is 0 Å². The molecule has 9 nitrogen and oxygen atoms in total. The Morgan fingerprint density at radius 3 is 2.58 bits per heavy atom. The molecule has 3 aromatic rings. The molecule has 1 atom stereocenters. The van der Waals surface area contributed by atoms with Gasteiger partial charge in [0.1, 0.15) is 0 Å². The van der Waals surface area contributed by atoms with Crippen molar-refractivity contribution in [3.63, 3.8) is 0 Å². The molecule has 0 unspecified atom stereocenters. The van der Waals surface area contributed by atoms with Crippen molar-refractivity contribution in [3.05, 3.63) is 30.6 Å². The zero-order chi connectivity index (χ0) is 23.6. The lowest BCUT2D eigenvalue weighted by molar-refractivity contribution is 0.134. The number of anilines is 2. The molecule has 0 spiro atoms. The molecule has 1 aliphatic rings. The molecule has 2 aromatic heterocycles. The van der Waals surface area contributed by atoms with Crippen LogP contribution in [0.25, 0.3) is 10.2 Å². The van der Waals surface area contributed by atoms with E-state index in [1.165, 1.54) is 15.6 Å². The van der Waals surface area contributed by atoms with E-state index in [1.54, 1.807) is 42.4 Å². The maximum Gasteiger partial charge on any atom is 0.243 e. The highest BCUT2D eigenvalue weighted by Gasteiger charge is 2.37. The molecule has 12 heteroatoms. The van der Waals surface area contributed by atoms with Gasteiger partial charge in [0.15, 0.2) is 5.13 Å². The van der Waals surface area contributed by atoms with Crippen LogP contribution in [0.2, 0.25) is 0 Å². The van der Waals surface area contributed by atoms with Gasteiger partial charge in [0.2, 0.25) is 16.0 Å². The van der Waals surface area contributed by atoms with Crippen LogP contribution in [-0.2, 0) is 10.0 Å². The minimum atomic E-state index is -3.47. The number of thioether (sulfide) groups is 1. The van der Waals surface area contributed by atoms with Gasteiger partial charge >= 0.3 is 0 Å². The van der Waals surface area contributed by atoms with Gasteiger partial charge < -0.3 is 15.5 Å². The summed E-state index contributed by atoms with van der Waals surface area (Å²) in [6.45, 7) is 4.63. The third-order valence-electron chi connectivity index (χ3n) is 5.63. The molecule has 0 radical (unpaired) electrons. The van der Waals surface area contributed by atoms with E-state index in [1.807, 2.05) is 20.4 Å². The van der Waals surface area contributed by atoms with Gasteiger partial charge in [-0.3, -0.25) is 0 Å². The Kier molecular flexibility index (Phi) is 7.39. The number of rotatable bonds is 10. The summed E-state index contributed by atoms with van der Waals surface area (Å²) in [5, 5.41) is 7.40. The number of sulfonamides is 1. The Bertz CT molecular complexity index is 1190. The molecule has 2 N–H and O–H groups in total. The first kappa shape index (κ1) is 24.1. The van der Waals surface area contributed by atoms with E-state index in [-0.39, 0.29) is 6.04 Å². The van der Waals surface area contributed by atoms with Crippen LogP contribution in [0.3, 0.4) is 0 Å². The van der Waals surface area contributed by atoms with Gasteiger partial charge in [-0.05, 0) is 44.5 Å². The third kappa shape index (κ3) is 5.57. The van der Waals surface area contributed by atoms with Crippen LogP contribution in [0.1, 0.15) is 6.92 Å². The average molecular weight is 508 g/mol. The molecular weight excluding hydrogens is 478 g/mol. The minimum absolute atomic E-state index is 0.278.